The van der Waals surface area contributed by atoms with E-state index in [1.165, 1.54) is 29.5 Å². The first-order chi connectivity index (χ1) is 12.6. The molecule has 1 unspecified atom stereocenters. The second-order valence-corrected chi connectivity index (χ2v) is 7.41. The normalized spacial score (nSPS) is 20.0. The molecule has 0 saturated carbocycles. The molecule has 0 aromatic heterocycles. The number of hydrogen-bond acceptors (Lipinski definition) is 2. The zero-order chi connectivity index (χ0) is 18.1. The van der Waals surface area contributed by atoms with Crippen LogP contribution in [0.3, 0.4) is 0 Å². The fourth-order valence-corrected chi connectivity index (χ4v) is 3.72. The molecule has 2 heterocycles. The quantitative estimate of drug-likeness (QED) is 0.591. The molecule has 2 aliphatic heterocycles. The molecule has 1 spiro atoms. The molecular formula is C24H26O2. The number of rotatable bonds is 4. The summed E-state index contributed by atoms with van der Waals surface area (Å²) >= 11 is 0. The third-order valence-electron chi connectivity index (χ3n) is 5.16. The van der Waals surface area contributed by atoms with Crippen LogP contribution in [0.4, 0.5) is 0 Å². The second kappa shape index (κ2) is 6.68. The maximum atomic E-state index is 6.47. The van der Waals surface area contributed by atoms with Crippen molar-refractivity contribution in [2.45, 2.75) is 52.2 Å². The molecule has 2 aromatic carbocycles. The lowest BCUT2D eigenvalue weighted by atomic mass is 9.91. The van der Waals surface area contributed by atoms with Gasteiger partial charge in [-0.05, 0) is 63.1 Å². The molecule has 2 nitrogen and oxygen atoms in total. The van der Waals surface area contributed by atoms with E-state index in [0.29, 0.717) is 0 Å². The molecule has 0 bridgehead atoms. The van der Waals surface area contributed by atoms with Gasteiger partial charge >= 0.3 is 0 Å². The molecule has 0 aliphatic carbocycles. The van der Waals surface area contributed by atoms with Gasteiger partial charge in [0.2, 0.25) is 0 Å². The molecule has 0 saturated heterocycles. The standard InChI is InChI=1S/C24H26O2/c1-4-5-6-7-21-16-20-15-18(3)9-11-23(20)26-24(21)13-12-19-14-17(2)8-10-22(19)25-24/h8-16H,4-7H2,1-3H3. The first-order valence-electron chi connectivity index (χ1n) is 9.59. The van der Waals surface area contributed by atoms with Crippen LogP contribution in [0.2, 0.25) is 0 Å². The van der Waals surface area contributed by atoms with Gasteiger partial charge < -0.3 is 9.47 Å². The predicted molar refractivity (Wildman–Crippen MR) is 107 cm³/mol. The summed E-state index contributed by atoms with van der Waals surface area (Å²) in [5.74, 6) is 0.947. The topological polar surface area (TPSA) is 18.5 Å². The van der Waals surface area contributed by atoms with Crippen molar-refractivity contribution in [2.24, 2.45) is 0 Å². The Balaban J connectivity index is 1.75. The van der Waals surface area contributed by atoms with Crippen molar-refractivity contribution in [2.75, 3.05) is 0 Å². The van der Waals surface area contributed by atoms with Gasteiger partial charge in [0.25, 0.3) is 5.79 Å². The Kier molecular flexibility index (Phi) is 4.36. The monoisotopic (exact) mass is 346 g/mol. The minimum absolute atomic E-state index is 0.821. The molecule has 1 atom stereocenters. The largest absolute Gasteiger partial charge is 0.444 e. The van der Waals surface area contributed by atoms with E-state index in [2.05, 4.69) is 63.3 Å². The number of unbranched alkanes of at least 4 members (excludes halogenated alkanes) is 2. The fourth-order valence-electron chi connectivity index (χ4n) is 3.72. The van der Waals surface area contributed by atoms with E-state index in [0.717, 1.165) is 35.5 Å². The lowest BCUT2D eigenvalue weighted by Gasteiger charge is -2.39. The second-order valence-electron chi connectivity index (χ2n) is 7.41. The van der Waals surface area contributed by atoms with Gasteiger partial charge in [-0.15, -0.1) is 0 Å². The van der Waals surface area contributed by atoms with Crippen LogP contribution in [0.1, 0.15) is 54.9 Å². The summed E-state index contributed by atoms with van der Waals surface area (Å²) in [4.78, 5) is 0. The van der Waals surface area contributed by atoms with E-state index < -0.39 is 5.79 Å². The van der Waals surface area contributed by atoms with E-state index in [1.54, 1.807) is 0 Å². The SMILES string of the molecule is CCCCCC1=Cc2cc(C)ccc2OC12C=Cc1cc(C)ccc1O2. The summed E-state index contributed by atoms with van der Waals surface area (Å²) in [5.41, 5.74) is 5.94. The van der Waals surface area contributed by atoms with Crippen LogP contribution >= 0.6 is 0 Å². The maximum Gasteiger partial charge on any atom is 0.294 e. The Hall–Kier alpha value is -2.48. The zero-order valence-electron chi connectivity index (χ0n) is 15.8. The molecule has 0 amide bonds. The highest BCUT2D eigenvalue weighted by Gasteiger charge is 2.41. The van der Waals surface area contributed by atoms with Crippen LogP contribution in [0.15, 0.2) is 48.0 Å². The summed E-state index contributed by atoms with van der Waals surface area (Å²) in [5, 5.41) is 0. The summed E-state index contributed by atoms with van der Waals surface area (Å²) < 4.78 is 12.9. The molecule has 0 fully saturated rings. The van der Waals surface area contributed by atoms with E-state index in [1.807, 2.05) is 12.1 Å². The Morgan fingerprint density at radius 1 is 0.846 bits per heavy atom. The highest BCUT2D eigenvalue weighted by molar-refractivity contribution is 5.70. The zero-order valence-corrected chi connectivity index (χ0v) is 15.8. The van der Waals surface area contributed by atoms with Crippen LogP contribution in [0.25, 0.3) is 12.2 Å². The number of benzene rings is 2. The molecule has 2 aromatic rings. The van der Waals surface area contributed by atoms with Crippen molar-refractivity contribution in [1.82, 2.24) is 0 Å². The van der Waals surface area contributed by atoms with Gasteiger partial charge in [0, 0.05) is 22.8 Å². The average Bonchev–Trinajstić information content (AvgIpc) is 2.63. The maximum absolute atomic E-state index is 6.47. The van der Waals surface area contributed by atoms with Crippen LogP contribution < -0.4 is 9.47 Å². The Morgan fingerprint density at radius 2 is 1.50 bits per heavy atom. The highest BCUT2D eigenvalue weighted by Crippen LogP contribution is 2.43. The Bertz CT molecular complexity index is 887. The minimum atomic E-state index is -0.821. The summed E-state index contributed by atoms with van der Waals surface area (Å²) in [6, 6.07) is 12.6. The van der Waals surface area contributed by atoms with Gasteiger partial charge in [-0.1, -0.05) is 43.0 Å². The van der Waals surface area contributed by atoms with Gasteiger partial charge in [0.1, 0.15) is 11.5 Å². The summed E-state index contributed by atoms with van der Waals surface area (Å²) in [6.45, 7) is 6.45. The predicted octanol–water partition coefficient (Wildman–Crippen LogP) is 6.46. The summed E-state index contributed by atoms with van der Waals surface area (Å²) in [6.07, 6.45) is 11.0. The van der Waals surface area contributed by atoms with Crippen LogP contribution in [0.5, 0.6) is 11.5 Å². The fraction of sp³-hybridized carbons (Fsp3) is 0.333. The first kappa shape index (κ1) is 17.0. The van der Waals surface area contributed by atoms with Crippen molar-refractivity contribution in [3.05, 3.63) is 70.3 Å². The van der Waals surface area contributed by atoms with E-state index >= 15 is 0 Å². The molecule has 2 heteroatoms. The average molecular weight is 346 g/mol. The van der Waals surface area contributed by atoms with Crippen molar-refractivity contribution in [3.63, 3.8) is 0 Å². The lowest BCUT2D eigenvalue weighted by Crippen LogP contribution is -2.45. The van der Waals surface area contributed by atoms with Crippen molar-refractivity contribution in [1.29, 1.82) is 0 Å². The smallest absolute Gasteiger partial charge is 0.294 e. The van der Waals surface area contributed by atoms with Crippen LogP contribution in [0, 0.1) is 13.8 Å². The third-order valence-corrected chi connectivity index (χ3v) is 5.16. The molecule has 4 rings (SSSR count). The molecule has 0 N–H and O–H groups in total. The molecular weight excluding hydrogens is 320 g/mol. The molecule has 0 radical (unpaired) electrons. The van der Waals surface area contributed by atoms with Crippen molar-refractivity contribution < 1.29 is 9.47 Å². The van der Waals surface area contributed by atoms with E-state index in [9.17, 15) is 0 Å². The highest BCUT2D eigenvalue weighted by atomic mass is 16.7. The first-order valence-corrected chi connectivity index (χ1v) is 9.59. The molecule has 26 heavy (non-hydrogen) atoms. The van der Waals surface area contributed by atoms with Crippen molar-refractivity contribution in [3.8, 4) is 11.5 Å². The number of aryl methyl sites for hydroxylation is 2. The molecule has 134 valence electrons. The minimum Gasteiger partial charge on any atom is -0.444 e. The van der Waals surface area contributed by atoms with Crippen LogP contribution in [-0.4, -0.2) is 5.79 Å². The summed E-state index contributed by atoms with van der Waals surface area (Å²) in [7, 11) is 0. The Labute approximate surface area is 156 Å². The van der Waals surface area contributed by atoms with Crippen LogP contribution in [-0.2, 0) is 0 Å². The van der Waals surface area contributed by atoms with Gasteiger partial charge in [-0.25, -0.2) is 0 Å². The Morgan fingerprint density at radius 3 is 2.19 bits per heavy atom. The number of ether oxygens (including phenoxy) is 2. The van der Waals surface area contributed by atoms with E-state index in [-0.39, 0.29) is 0 Å². The lowest BCUT2D eigenvalue weighted by molar-refractivity contribution is -0.0439. The third kappa shape index (κ3) is 3.05. The molecule has 2 aliphatic rings. The van der Waals surface area contributed by atoms with E-state index in [4.69, 9.17) is 9.47 Å². The van der Waals surface area contributed by atoms with Gasteiger partial charge in [-0.3, -0.25) is 0 Å². The van der Waals surface area contributed by atoms with Gasteiger partial charge in [0.15, 0.2) is 0 Å². The van der Waals surface area contributed by atoms with Gasteiger partial charge in [-0.2, -0.15) is 0 Å². The van der Waals surface area contributed by atoms with Gasteiger partial charge in [0.05, 0.1) is 0 Å². The number of hydrogen-bond donors (Lipinski definition) is 0. The van der Waals surface area contributed by atoms with Crippen molar-refractivity contribution >= 4 is 12.2 Å². The number of fused-ring (bicyclic) bond motifs is 2.